The second-order valence-corrected chi connectivity index (χ2v) is 4.03. The molecule has 0 aliphatic heterocycles. The quantitative estimate of drug-likeness (QED) is 0.694. The van der Waals surface area contributed by atoms with Crippen LogP contribution in [0.4, 0.5) is 20.3 Å². The Morgan fingerprint density at radius 3 is 2.74 bits per heavy atom. The smallest absolute Gasteiger partial charge is 0.182 e. The molecule has 1 N–H and O–H groups in total. The van der Waals surface area contributed by atoms with E-state index in [-0.39, 0.29) is 22.2 Å². The van der Waals surface area contributed by atoms with Crippen molar-refractivity contribution in [1.82, 2.24) is 9.97 Å². The molecule has 0 saturated heterocycles. The third-order valence-electron chi connectivity index (χ3n) is 2.33. The minimum Gasteiger partial charge on any atom is -0.337 e. The molecule has 0 atom stereocenters. The first-order valence-corrected chi connectivity index (χ1v) is 5.61. The Balaban J connectivity index is 2.49. The van der Waals surface area contributed by atoms with Gasteiger partial charge in [0.05, 0.1) is 11.3 Å². The summed E-state index contributed by atoms with van der Waals surface area (Å²) in [6.07, 6.45) is 0.446. The van der Waals surface area contributed by atoms with Crippen LogP contribution in [0.1, 0.15) is 16.2 Å². The molecule has 1 aromatic carbocycles. The lowest BCUT2D eigenvalue weighted by Gasteiger charge is -2.10. The second-order valence-electron chi connectivity index (χ2n) is 3.67. The van der Waals surface area contributed by atoms with Gasteiger partial charge in [0.15, 0.2) is 17.9 Å². The Labute approximate surface area is 112 Å². The highest BCUT2D eigenvalue weighted by molar-refractivity contribution is 6.32. The fourth-order valence-corrected chi connectivity index (χ4v) is 1.73. The van der Waals surface area contributed by atoms with Crippen LogP contribution in [0.25, 0.3) is 0 Å². The van der Waals surface area contributed by atoms with Crippen molar-refractivity contribution in [1.29, 1.82) is 0 Å². The maximum Gasteiger partial charge on any atom is 0.182 e. The van der Waals surface area contributed by atoms with E-state index in [0.717, 1.165) is 6.07 Å². The molecule has 4 nitrogen and oxygen atoms in total. The minimum atomic E-state index is -1.06. The number of aryl methyl sites for hydroxylation is 1. The Morgan fingerprint density at radius 2 is 2.05 bits per heavy atom. The zero-order chi connectivity index (χ0) is 14.0. The summed E-state index contributed by atoms with van der Waals surface area (Å²) in [5.74, 6) is -1.74. The Bertz CT molecular complexity index is 649. The molecule has 0 unspecified atom stereocenters. The number of anilines is 2. The Morgan fingerprint density at radius 1 is 1.32 bits per heavy atom. The lowest BCUT2D eigenvalue weighted by molar-refractivity contribution is 0.112. The van der Waals surface area contributed by atoms with Crippen LogP contribution in [-0.2, 0) is 0 Å². The molecule has 2 rings (SSSR count). The van der Waals surface area contributed by atoms with Crippen molar-refractivity contribution in [3.05, 3.63) is 46.4 Å². The van der Waals surface area contributed by atoms with Crippen molar-refractivity contribution in [3.63, 3.8) is 0 Å². The molecule has 98 valence electrons. The normalized spacial score (nSPS) is 10.3. The highest BCUT2D eigenvalue weighted by atomic mass is 35.5. The number of carbonyl (C=O) groups excluding carboxylic acids is 1. The summed E-state index contributed by atoms with van der Waals surface area (Å²) in [6, 6.07) is 3.63. The van der Waals surface area contributed by atoms with Gasteiger partial charge in [0.2, 0.25) is 0 Å². The van der Waals surface area contributed by atoms with Gasteiger partial charge in [0.25, 0.3) is 0 Å². The number of aromatic nitrogens is 2. The summed E-state index contributed by atoms with van der Waals surface area (Å²) >= 11 is 5.78. The third-order valence-corrected chi connectivity index (χ3v) is 2.62. The minimum absolute atomic E-state index is 0.0177. The topological polar surface area (TPSA) is 54.9 Å². The van der Waals surface area contributed by atoms with Gasteiger partial charge in [-0.15, -0.1) is 0 Å². The van der Waals surface area contributed by atoms with Gasteiger partial charge >= 0.3 is 0 Å². The maximum absolute atomic E-state index is 13.5. The number of hydrogen-bond donors (Lipinski definition) is 1. The monoisotopic (exact) mass is 283 g/mol. The molecule has 1 heterocycles. The zero-order valence-electron chi connectivity index (χ0n) is 9.75. The molecular formula is C12H8ClF2N3O. The predicted molar refractivity (Wildman–Crippen MR) is 66.8 cm³/mol. The number of halogens is 3. The van der Waals surface area contributed by atoms with Crippen LogP contribution < -0.4 is 5.32 Å². The van der Waals surface area contributed by atoms with E-state index in [4.69, 9.17) is 11.6 Å². The lowest BCUT2D eigenvalue weighted by atomic mass is 10.2. The summed E-state index contributed by atoms with van der Waals surface area (Å²) in [4.78, 5) is 18.7. The highest BCUT2D eigenvalue weighted by Gasteiger charge is 2.14. The second kappa shape index (κ2) is 5.27. The van der Waals surface area contributed by atoms with Crippen molar-refractivity contribution in [2.24, 2.45) is 0 Å². The van der Waals surface area contributed by atoms with E-state index < -0.39 is 11.6 Å². The van der Waals surface area contributed by atoms with Gasteiger partial charge in [-0.2, -0.15) is 0 Å². The highest BCUT2D eigenvalue weighted by Crippen LogP contribution is 2.25. The number of nitrogens with zero attached hydrogens (tertiary/aromatic N) is 2. The van der Waals surface area contributed by atoms with E-state index in [1.165, 1.54) is 12.1 Å². The number of nitrogens with one attached hydrogen (secondary N) is 1. The summed E-state index contributed by atoms with van der Waals surface area (Å²) in [6.45, 7) is 1.56. The fraction of sp³-hybridized carbons (Fsp3) is 0.0833. The molecule has 0 fully saturated rings. The standard InChI is InChI=1S/C12H8ClF2N3O/c1-6-16-11(13)7(5-19)12(17-6)18-9-4-2-3-8(14)10(9)15/h2-5H,1H3,(H,16,17,18). The van der Waals surface area contributed by atoms with Gasteiger partial charge < -0.3 is 5.32 Å². The molecular weight excluding hydrogens is 276 g/mol. The first-order chi connectivity index (χ1) is 9.02. The molecule has 0 radical (unpaired) electrons. The first kappa shape index (κ1) is 13.4. The van der Waals surface area contributed by atoms with Crippen LogP contribution in [-0.4, -0.2) is 16.3 Å². The Hall–Kier alpha value is -2.08. The molecule has 0 spiro atoms. The van der Waals surface area contributed by atoms with E-state index in [1.807, 2.05) is 0 Å². The molecule has 0 bridgehead atoms. The zero-order valence-corrected chi connectivity index (χ0v) is 10.5. The van der Waals surface area contributed by atoms with E-state index in [2.05, 4.69) is 15.3 Å². The van der Waals surface area contributed by atoms with E-state index >= 15 is 0 Å². The number of benzene rings is 1. The molecule has 0 aliphatic carbocycles. The average molecular weight is 284 g/mol. The molecule has 0 amide bonds. The van der Waals surface area contributed by atoms with Crippen molar-refractivity contribution >= 4 is 29.4 Å². The van der Waals surface area contributed by atoms with Crippen LogP contribution in [0.2, 0.25) is 5.15 Å². The number of carbonyl (C=O) groups is 1. The van der Waals surface area contributed by atoms with Crippen LogP contribution in [0.15, 0.2) is 18.2 Å². The van der Waals surface area contributed by atoms with Gasteiger partial charge in [0, 0.05) is 0 Å². The summed E-state index contributed by atoms with van der Waals surface area (Å²) in [5, 5.41) is 2.48. The molecule has 0 aliphatic rings. The maximum atomic E-state index is 13.5. The summed E-state index contributed by atoms with van der Waals surface area (Å²) in [5.41, 5.74) is -0.159. The summed E-state index contributed by atoms with van der Waals surface area (Å²) < 4.78 is 26.6. The van der Waals surface area contributed by atoms with Gasteiger partial charge in [-0.3, -0.25) is 4.79 Å². The molecule has 19 heavy (non-hydrogen) atoms. The van der Waals surface area contributed by atoms with E-state index in [9.17, 15) is 13.6 Å². The molecule has 2 aromatic rings. The van der Waals surface area contributed by atoms with Crippen LogP contribution in [0, 0.1) is 18.6 Å². The molecule has 1 aromatic heterocycles. The van der Waals surface area contributed by atoms with Gasteiger partial charge in [-0.25, -0.2) is 18.7 Å². The average Bonchev–Trinajstić information content (AvgIpc) is 2.34. The lowest BCUT2D eigenvalue weighted by Crippen LogP contribution is -2.05. The van der Waals surface area contributed by atoms with Gasteiger partial charge in [-0.1, -0.05) is 17.7 Å². The van der Waals surface area contributed by atoms with Crippen LogP contribution in [0.3, 0.4) is 0 Å². The van der Waals surface area contributed by atoms with Gasteiger partial charge in [0.1, 0.15) is 16.8 Å². The number of hydrogen-bond acceptors (Lipinski definition) is 4. The summed E-state index contributed by atoms with van der Waals surface area (Å²) in [7, 11) is 0. The SMILES string of the molecule is Cc1nc(Cl)c(C=O)c(Nc2cccc(F)c2F)n1. The van der Waals surface area contributed by atoms with Crippen LogP contribution in [0.5, 0.6) is 0 Å². The van der Waals surface area contributed by atoms with Crippen molar-refractivity contribution in [2.45, 2.75) is 6.92 Å². The number of rotatable bonds is 3. The number of aldehydes is 1. The predicted octanol–water partition coefficient (Wildman–Crippen LogP) is 3.27. The van der Waals surface area contributed by atoms with Crippen molar-refractivity contribution in [3.8, 4) is 0 Å². The molecule has 0 saturated carbocycles. The Kier molecular flexibility index (Phi) is 3.71. The molecule has 7 heteroatoms. The van der Waals surface area contributed by atoms with Crippen LogP contribution >= 0.6 is 11.6 Å². The van der Waals surface area contributed by atoms with E-state index in [0.29, 0.717) is 12.1 Å². The van der Waals surface area contributed by atoms with Gasteiger partial charge in [-0.05, 0) is 19.1 Å². The fourth-order valence-electron chi connectivity index (χ4n) is 1.47. The largest absolute Gasteiger partial charge is 0.337 e. The van der Waals surface area contributed by atoms with E-state index in [1.54, 1.807) is 6.92 Å². The first-order valence-electron chi connectivity index (χ1n) is 5.23. The van der Waals surface area contributed by atoms with Crippen molar-refractivity contribution in [2.75, 3.05) is 5.32 Å². The third kappa shape index (κ3) is 2.68. The van der Waals surface area contributed by atoms with Crippen molar-refractivity contribution < 1.29 is 13.6 Å².